The number of thioether (sulfide) groups is 1. The molecular formula is C17H16N4O2S2. The Morgan fingerprint density at radius 1 is 1.24 bits per heavy atom. The molecule has 0 aliphatic carbocycles. The van der Waals surface area contributed by atoms with Crippen molar-refractivity contribution < 1.29 is 4.79 Å². The summed E-state index contributed by atoms with van der Waals surface area (Å²) in [4.78, 5) is 36.3. The lowest BCUT2D eigenvalue weighted by Crippen LogP contribution is -2.31. The Labute approximate surface area is 152 Å². The number of thiazole rings is 1. The maximum absolute atomic E-state index is 12.1. The van der Waals surface area contributed by atoms with Crippen molar-refractivity contribution in [2.75, 3.05) is 6.54 Å². The second kappa shape index (κ2) is 8.59. The zero-order valence-corrected chi connectivity index (χ0v) is 14.9. The van der Waals surface area contributed by atoms with Crippen molar-refractivity contribution >= 4 is 29.0 Å². The van der Waals surface area contributed by atoms with Crippen LogP contribution >= 0.6 is 23.1 Å². The SMILES string of the molecule is O=C(NCCc1nccs1)c1cnc(CSc2ccccc2)[nH]c1=O. The molecule has 0 unspecified atom stereocenters. The van der Waals surface area contributed by atoms with Gasteiger partial charge in [0.15, 0.2) is 0 Å². The van der Waals surface area contributed by atoms with Crippen LogP contribution in [0.5, 0.6) is 0 Å². The van der Waals surface area contributed by atoms with Gasteiger partial charge in [-0.3, -0.25) is 9.59 Å². The summed E-state index contributed by atoms with van der Waals surface area (Å²) in [5, 5.41) is 5.55. The molecule has 2 heterocycles. The van der Waals surface area contributed by atoms with Gasteiger partial charge in [-0.15, -0.1) is 23.1 Å². The third-order valence-corrected chi connectivity index (χ3v) is 5.19. The van der Waals surface area contributed by atoms with Crippen molar-refractivity contribution in [3.63, 3.8) is 0 Å². The number of carbonyl (C=O) groups is 1. The van der Waals surface area contributed by atoms with Crippen LogP contribution in [-0.4, -0.2) is 27.4 Å². The monoisotopic (exact) mass is 372 g/mol. The van der Waals surface area contributed by atoms with Gasteiger partial charge >= 0.3 is 0 Å². The van der Waals surface area contributed by atoms with E-state index in [0.717, 1.165) is 9.90 Å². The first kappa shape index (κ1) is 17.4. The van der Waals surface area contributed by atoms with Crippen LogP contribution in [0.2, 0.25) is 0 Å². The van der Waals surface area contributed by atoms with Crippen LogP contribution in [0.4, 0.5) is 0 Å². The lowest BCUT2D eigenvalue weighted by molar-refractivity contribution is 0.0952. The number of carbonyl (C=O) groups excluding carboxylic acids is 1. The van der Waals surface area contributed by atoms with E-state index in [0.29, 0.717) is 24.5 Å². The molecule has 0 fully saturated rings. The van der Waals surface area contributed by atoms with E-state index in [2.05, 4.69) is 20.3 Å². The maximum atomic E-state index is 12.1. The molecule has 0 radical (unpaired) electrons. The molecule has 0 saturated carbocycles. The van der Waals surface area contributed by atoms with Crippen molar-refractivity contribution in [2.24, 2.45) is 0 Å². The predicted octanol–water partition coefficient (Wildman–Crippen LogP) is 2.49. The molecule has 128 valence electrons. The van der Waals surface area contributed by atoms with E-state index in [1.165, 1.54) is 17.5 Å². The number of benzene rings is 1. The van der Waals surface area contributed by atoms with Crippen molar-refractivity contribution in [3.05, 3.63) is 74.9 Å². The Hall–Kier alpha value is -2.45. The van der Waals surface area contributed by atoms with Crippen molar-refractivity contribution in [3.8, 4) is 0 Å². The molecule has 2 N–H and O–H groups in total. The van der Waals surface area contributed by atoms with E-state index in [1.807, 2.05) is 35.7 Å². The number of aromatic amines is 1. The molecule has 0 aliphatic rings. The number of nitrogens with zero attached hydrogens (tertiary/aromatic N) is 2. The fourth-order valence-electron chi connectivity index (χ4n) is 2.09. The van der Waals surface area contributed by atoms with Gasteiger partial charge in [0.25, 0.3) is 11.5 Å². The number of rotatable bonds is 7. The normalized spacial score (nSPS) is 10.6. The number of nitrogens with one attached hydrogen (secondary N) is 2. The van der Waals surface area contributed by atoms with E-state index >= 15 is 0 Å². The van der Waals surface area contributed by atoms with Gasteiger partial charge in [0.2, 0.25) is 0 Å². The van der Waals surface area contributed by atoms with Gasteiger partial charge in [-0.05, 0) is 12.1 Å². The van der Waals surface area contributed by atoms with Crippen LogP contribution in [0.3, 0.4) is 0 Å². The molecule has 3 aromatic rings. The third-order valence-electron chi connectivity index (χ3n) is 3.32. The molecule has 6 nitrogen and oxygen atoms in total. The molecule has 0 bridgehead atoms. The second-order valence-electron chi connectivity index (χ2n) is 5.11. The fraction of sp³-hybridized carbons (Fsp3) is 0.176. The Balaban J connectivity index is 1.55. The largest absolute Gasteiger partial charge is 0.351 e. The second-order valence-corrected chi connectivity index (χ2v) is 7.13. The molecule has 0 saturated heterocycles. The van der Waals surface area contributed by atoms with E-state index in [9.17, 15) is 9.59 Å². The molecule has 0 aliphatic heterocycles. The molecule has 0 atom stereocenters. The lowest BCUT2D eigenvalue weighted by Gasteiger charge is -2.05. The van der Waals surface area contributed by atoms with E-state index in [-0.39, 0.29) is 5.56 Å². The first-order valence-corrected chi connectivity index (χ1v) is 9.51. The number of hydrogen-bond acceptors (Lipinski definition) is 6. The van der Waals surface area contributed by atoms with E-state index in [1.54, 1.807) is 18.0 Å². The number of hydrogen-bond donors (Lipinski definition) is 2. The van der Waals surface area contributed by atoms with E-state index < -0.39 is 11.5 Å². The van der Waals surface area contributed by atoms with Crippen LogP contribution in [0.25, 0.3) is 0 Å². The minimum atomic E-state index is -0.426. The van der Waals surface area contributed by atoms with Gasteiger partial charge < -0.3 is 10.3 Å². The summed E-state index contributed by atoms with van der Waals surface area (Å²) in [6.45, 7) is 0.428. The summed E-state index contributed by atoms with van der Waals surface area (Å²) in [6, 6.07) is 9.85. The minimum Gasteiger partial charge on any atom is -0.351 e. The molecule has 0 spiro atoms. The Kier molecular flexibility index (Phi) is 5.97. The zero-order valence-electron chi connectivity index (χ0n) is 13.3. The third kappa shape index (κ3) is 5.01. The highest BCUT2D eigenvalue weighted by atomic mass is 32.2. The quantitative estimate of drug-likeness (QED) is 0.622. The number of amides is 1. The summed E-state index contributed by atoms with van der Waals surface area (Å²) >= 11 is 3.10. The summed E-state index contributed by atoms with van der Waals surface area (Å²) in [5.74, 6) is 0.649. The van der Waals surface area contributed by atoms with Crippen molar-refractivity contribution in [1.82, 2.24) is 20.3 Å². The fourth-order valence-corrected chi connectivity index (χ4v) is 3.51. The van der Waals surface area contributed by atoms with Gasteiger partial charge in [0, 0.05) is 35.6 Å². The first-order chi connectivity index (χ1) is 12.2. The van der Waals surface area contributed by atoms with Crippen LogP contribution in [-0.2, 0) is 12.2 Å². The summed E-state index contributed by atoms with van der Waals surface area (Å²) < 4.78 is 0. The zero-order chi connectivity index (χ0) is 17.5. The summed E-state index contributed by atoms with van der Waals surface area (Å²) in [7, 11) is 0. The van der Waals surface area contributed by atoms with Crippen molar-refractivity contribution in [1.29, 1.82) is 0 Å². The van der Waals surface area contributed by atoms with Gasteiger partial charge in [-0.25, -0.2) is 9.97 Å². The van der Waals surface area contributed by atoms with Crippen LogP contribution < -0.4 is 10.9 Å². The van der Waals surface area contributed by atoms with Crippen LogP contribution in [0.15, 0.2) is 57.8 Å². The predicted molar refractivity (Wildman–Crippen MR) is 99.0 cm³/mol. The highest BCUT2D eigenvalue weighted by Gasteiger charge is 2.12. The van der Waals surface area contributed by atoms with E-state index in [4.69, 9.17) is 0 Å². The average Bonchev–Trinajstić information content (AvgIpc) is 3.14. The molecule has 8 heteroatoms. The molecular weight excluding hydrogens is 356 g/mol. The summed E-state index contributed by atoms with van der Waals surface area (Å²) in [5.41, 5.74) is -0.405. The lowest BCUT2D eigenvalue weighted by atomic mass is 10.3. The minimum absolute atomic E-state index is 0.0209. The Bertz CT molecular complexity index is 879. The summed E-state index contributed by atoms with van der Waals surface area (Å²) in [6.07, 6.45) is 3.70. The molecule has 3 rings (SSSR count). The van der Waals surface area contributed by atoms with Gasteiger partial charge in [-0.2, -0.15) is 0 Å². The molecule has 25 heavy (non-hydrogen) atoms. The topological polar surface area (TPSA) is 87.7 Å². The molecule has 1 aromatic carbocycles. The highest BCUT2D eigenvalue weighted by molar-refractivity contribution is 7.98. The maximum Gasteiger partial charge on any atom is 0.263 e. The Morgan fingerprint density at radius 2 is 2.08 bits per heavy atom. The van der Waals surface area contributed by atoms with Gasteiger partial charge in [-0.1, -0.05) is 18.2 Å². The van der Waals surface area contributed by atoms with Crippen LogP contribution in [0.1, 0.15) is 21.2 Å². The average molecular weight is 372 g/mol. The standard InChI is InChI=1S/C17H16N4O2S2/c22-16(19-7-6-15-18-8-9-24-15)13-10-20-14(21-17(13)23)11-25-12-4-2-1-3-5-12/h1-5,8-10H,6-7,11H2,(H,19,22)(H,20,21,23). The Morgan fingerprint density at radius 3 is 2.80 bits per heavy atom. The van der Waals surface area contributed by atoms with Gasteiger partial charge in [0.05, 0.1) is 10.8 Å². The molecule has 1 amide bonds. The van der Waals surface area contributed by atoms with Gasteiger partial charge in [0.1, 0.15) is 11.4 Å². The van der Waals surface area contributed by atoms with Crippen LogP contribution in [0, 0.1) is 0 Å². The highest BCUT2D eigenvalue weighted by Crippen LogP contribution is 2.19. The number of aromatic nitrogens is 3. The number of H-pyrrole nitrogens is 1. The first-order valence-electron chi connectivity index (χ1n) is 7.65. The smallest absolute Gasteiger partial charge is 0.263 e. The molecule has 2 aromatic heterocycles. The van der Waals surface area contributed by atoms with Crippen molar-refractivity contribution in [2.45, 2.75) is 17.1 Å².